The first-order valence-electron chi connectivity index (χ1n) is 10.2. The lowest BCUT2D eigenvalue weighted by Gasteiger charge is -2.20. The second-order valence-electron chi connectivity index (χ2n) is 7.40. The Morgan fingerprint density at radius 2 is 1.91 bits per heavy atom. The number of imidazole rings is 1. The van der Waals surface area contributed by atoms with Gasteiger partial charge in [-0.1, -0.05) is 6.07 Å². The highest BCUT2D eigenvalue weighted by molar-refractivity contribution is 7.21. The summed E-state index contributed by atoms with van der Waals surface area (Å²) in [5.74, 6) is 1.06. The van der Waals surface area contributed by atoms with Crippen LogP contribution in [0.25, 0.3) is 10.1 Å². The number of halogens is 1. The number of amides is 1. The fourth-order valence-electron chi connectivity index (χ4n) is 3.78. The van der Waals surface area contributed by atoms with E-state index in [9.17, 15) is 9.18 Å². The van der Waals surface area contributed by atoms with Crippen molar-refractivity contribution in [3.8, 4) is 11.5 Å². The van der Waals surface area contributed by atoms with Gasteiger partial charge in [-0.3, -0.25) is 4.79 Å². The Bertz CT molecular complexity index is 1280. The van der Waals surface area contributed by atoms with E-state index in [0.29, 0.717) is 37.9 Å². The number of benzene rings is 2. The highest BCUT2D eigenvalue weighted by atomic mass is 32.1. The SMILES string of the molecule is COCc1c(C(=O)NC(c2cc(OC)cc(OC)c2)c2nccn2C)sc2cccc(F)c12. The molecule has 0 bridgehead atoms. The molecule has 0 aliphatic rings. The zero-order valence-electron chi connectivity index (χ0n) is 18.7. The molecule has 33 heavy (non-hydrogen) atoms. The van der Waals surface area contributed by atoms with Crippen molar-refractivity contribution in [3.05, 3.63) is 76.4 Å². The molecule has 0 saturated heterocycles. The molecule has 2 heterocycles. The van der Waals surface area contributed by atoms with Gasteiger partial charge in [-0.25, -0.2) is 9.37 Å². The molecule has 1 unspecified atom stereocenters. The van der Waals surface area contributed by atoms with Crippen LogP contribution < -0.4 is 14.8 Å². The summed E-state index contributed by atoms with van der Waals surface area (Å²) in [7, 11) is 6.50. The summed E-state index contributed by atoms with van der Waals surface area (Å²) in [5.41, 5.74) is 1.25. The van der Waals surface area contributed by atoms with Crippen LogP contribution in [0.4, 0.5) is 4.39 Å². The van der Waals surface area contributed by atoms with Crippen LogP contribution in [-0.2, 0) is 18.4 Å². The largest absolute Gasteiger partial charge is 0.497 e. The van der Waals surface area contributed by atoms with E-state index in [2.05, 4.69) is 10.3 Å². The molecular weight excluding hydrogens is 445 g/mol. The van der Waals surface area contributed by atoms with Gasteiger partial charge in [0.2, 0.25) is 0 Å². The van der Waals surface area contributed by atoms with Gasteiger partial charge in [0, 0.05) is 48.3 Å². The summed E-state index contributed by atoms with van der Waals surface area (Å²) in [6.07, 6.45) is 3.47. The van der Waals surface area contributed by atoms with Crippen molar-refractivity contribution in [2.45, 2.75) is 12.6 Å². The van der Waals surface area contributed by atoms with Crippen LogP contribution in [0.1, 0.15) is 32.7 Å². The van der Waals surface area contributed by atoms with E-state index in [1.807, 2.05) is 23.7 Å². The van der Waals surface area contributed by atoms with E-state index in [0.717, 1.165) is 5.56 Å². The first kappa shape index (κ1) is 22.8. The van der Waals surface area contributed by atoms with Crippen LogP contribution in [0, 0.1) is 5.82 Å². The van der Waals surface area contributed by atoms with Gasteiger partial charge >= 0.3 is 0 Å². The molecule has 4 aromatic rings. The highest BCUT2D eigenvalue weighted by Gasteiger charge is 2.26. The number of hydrogen-bond donors (Lipinski definition) is 1. The Hall–Kier alpha value is -3.43. The molecule has 0 spiro atoms. The number of thiophene rings is 1. The molecule has 9 heteroatoms. The number of hydrogen-bond acceptors (Lipinski definition) is 6. The van der Waals surface area contributed by atoms with Gasteiger partial charge in [0.15, 0.2) is 0 Å². The van der Waals surface area contributed by atoms with Crippen molar-refractivity contribution >= 4 is 27.3 Å². The summed E-state index contributed by atoms with van der Waals surface area (Å²) in [6, 6.07) is 9.60. The molecule has 0 radical (unpaired) electrons. The molecule has 172 valence electrons. The van der Waals surface area contributed by atoms with Gasteiger partial charge in [0.25, 0.3) is 5.91 Å². The number of nitrogens with one attached hydrogen (secondary N) is 1. The number of aryl methyl sites for hydroxylation is 1. The Morgan fingerprint density at radius 3 is 2.52 bits per heavy atom. The molecule has 1 N–H and O–H groups in total. The molecule has 2 aromatic heterocycles. The molecule has 0 saturated carbocycles. The number of carbonyl (C=O) groups excluding carboxylic acids is 1. The average molecular weight is 470 g/mol. The van der Waals surface area contributed by atoms with Crippen molar-refractivity contribution in [1.29, 1.82) is 0 Å². The van der Waals surface area contributed by atoms with Gasteiger partial charge in [0.05, 0.1) is 25.7 Å². The van der Waals surface area contributed by atoms with E-state index < -0.39 is 6.04 Å². The van der Waals surface area contributed by atoms with Gasteiger partial charge in [-0.15, -0.1) is 11.3 Å². The maximum Gasteiger partial charge on any atom is 0.262 e. The number of aromatic nitrogens is 2. The first-order valence-corrected chi connectivity index (χ1v) is 11.0. The zero-order valence-corrected chi connectivity index (χ0v) is 19.5. The minimum atomic E-state index is -0.605. The summed E-state index contributed by atoms with van der Waals surface area (Å²) in [4.78, 5) is 18.4. The second kappa shape index (κ2) is 9.60. The zero-order chi connectivity index (χ0) is 23.5. The lowest BCUT2D eigenvalue weighted by molar-refractivity contribution is 0.0941. The quantitative estimate of drug-likeness (QED) is 0.413. The van der Waals surface area contributed by atoms with Crippen LogP contribution >= 0.6 is 11.3 Å². The minimum absolute atomic E-state index is 0.115. The number of nitrogens with zero attached hydrogens (tertiary/aromatic N) is 2. The van der Waals surface area contributed by atoms with Gasteiger partial charge < -0.3 is 24.1 Å². The monoisotopic (exact) mass is 469 g/mol. The number of methoxy groups -OCH3 is 3. The third-order valence-corrected chi connectivity index (χ3v) is 6.55. The molecule has 4 rings (SSSR count). The van der Waals surface area contributed by atoms with Crippen LogP contribution in [0.2, 0.25) is 0 Å². The molecule has 1 amide bonds. The fourth-order valence-corrected chi connectivity index (χ4v) is 4.90. The van der Waals surface area contributed by atoms with E-state index in [1.54, 1.807) is 44.8 Å². The van der Waals surface area contributed by atoms with Gasteiger partial charge in [-0.05, 0) is 29.8 Å². The normalized spacial score (nSPS) is 12.0. The summed E-state index contributed by atoms with van der Waals surface area (Å²) < 4.78 is 33.2. The molecule has 7 nitrogen and oxygen atoms in total. The first-order chi connectivity index (χ1) is 16.0. The Labute approximate surface area is 194 Å². The Balaban J connectivity index is 1.80. The average Bonchev–Trinajstić information content (AvgIpc) is 3.41. The van der Waals surface area contributed by atoms with Crippen molar-refractivity contribution in [2.24, 2.45) is 7.05 Å². The molecule has 0 aliphatic heterocycles. The summed E-state index contributed by atoms with van der Waals surface area (Å²) in [6.45, 7) is 0.115. The van der Waals surface area contributed by atoms with Crippen molar-refractivity contribution in [3.63, 3.8) is 0 Å². The van der Waals surface area contributed by atoms with E-state index in [-0.39, 0.29) is 18.3 Å². The Morgan fingerprint density at radius 1 is 1.18 bits per heavy atom. The highest BCUT2D eigenvalue weighted by Crippen LogP contribution is 2.35. The number of ether oxygens (including phenoxy) is 3. The van der Waals surface area contributed by atoms with E-state index in [1.165, 1.54) is 24.5 Å². The topological polar surface area (TPSA) is 74.6 Å². The number of fused-ring (bicyclic) bond motifs is 1. The van der Waals surface area contributed by atoms with Crippen LogP contribution in [0.15, 0.2) is 48.8 Å². The van der Waals surface area contributed by atoms with E-state index >= 15 is 0 Å². The van der Waals surface area contributed by atoms with Crippen molar-refractivity contribution < 1.29 is 23.4 Å². The lowest BCUT2D eigenvalue weighted by atomic mass is 10.0. The smallest absolute Gasteiger partial charge is 0.262 e. The standard InChI is InChI=1S/C24H24FN3O4S/c1-28-9-8-26-23(28)21(14-10-15(31-3)12-16(11-14)32-4)27-24(29)22-17(13-30-2)20-18(25)6-5-7-19(20)33-22/h5-12,21H,13H2,1-4H3,(H,27,29). The lowest BCUT2D eigenvalue weighted by Crippen LogP contribution is -2.31. The fraction of sp³-hybridized carbons (Fsp3) is 0.250. The Kier molecular flexibility index (Phi) is 6.62. The van der Waals surface area contributed by atoms with Crippen LogP contribution in [0.5, 0.6) is 11.5 Å². The summed E-state index contributed by atoms with van der Waals surface area (Å²) in [5, 5.41) is 3.48. The van der Waals surface area contributed by atoms with Crippen LogP contribution in [0.3, 0.4) is 0 Å². The van der Waals surface area contributed by atoms with Gasteiger partial charge in [-0.2, -0.15) is 0 Å². The molecule has 1 atom stereocenters. The predicted octanol–water partition coefficient (Wildman–Crippen LogP) is 4.46. The van der Waals surface area contributed by atoms with Crippen LogP contribution in [-0.4, -0.2) is 36.8 Å². The van der Waals surface area contributed by atoms with Crippen molar-refractivity contribution in [2.75, 3.05) is 21.3 Å². The third-order valence-electron chi connectivity index (χ3n) is 5.36. The molecule has 0 fully saturated rings. The molecular formula is C24H24FN3O4S. The maximum absolute atomic E-state index is 14.6. The number of carbonyl (C=O) groups is 1. The second-order valence-corrected chi connectivity index (χ2v) is 8.46. The number of rotatable bonds is 8. The maximum atomic E-state index is 14.6. The minimum Gasteiger partial charge on any atom is -0.497 e. The van der Waals surface area contributed by atoms with E-state index in [4.69, 9.17) is 14.2 Å². The summed E-state index contributed by atoms with van der Waals surface area (Å²) >= 11 is 1.23. The van der Waals surface area contributed by atoms with Crippen molar-refractivity contribution in [1.82, 2.24) is 14.9 Å². The molecule has 0 aliphatic carbocycles. The predicted molar refractivity (Wildman–Crippen MR) is 125 cm³/mol. The van der Waals surface area contributed by atoms with Gasteiger partial charge in [0.1, 0.15) is 29.2 Å². The third kappa shape index (κ3) is 4.42. The molecule has 2 aromatic carbocycles.